The second-order valence-electron chi connectivity index (χ2n) is 4.86. The summed E-state index contributed by atoms with van der Waals surface area (Å²) in [5.41, 5.74) is 1.36. The first-order chi connectivity index (χ1) is 10.7. The van der Waals surface area contributed by atoms with Crippen molar-refractivity contribution in [3.05, 3.63) is 40.2 Å². The van der Waals surface area contributed by atoms with E-state index in [9.17, 15) is 9.90 Å². The number of rotatable bonds is 8. The third-order valence-corrected chi connectivity index (χ3v) is 4.52. The maximum absolute atomic E-state index is 11.4. The molecule has 2 rings (SSSR count). The first-order valence-electron chi connectivity index (χ1n) is 7.27. The Balaban J connectivity index is 2.19. The lowest BCUT2D eigenvalue weighted by atomic mass is 10.1. The fourth-order valence-electron chi connectivity index (χ4n) is 2.23. The topological polar surface area (TPSA) is 73.7 Å². The van der Waals surface area contributed by atoms with Crippen LogP contribution in [0.15, 0.2) is 30.3 Å². The standard InChI is InChI=1S/C16H20N2O3S/c1-2-18(10-11-19)9-8-13-17-14(15(22-13)16(20)21)12-6-4-3-5-7-12/h3-7,19H,2,8-11H2,1H3,(H,20,21). The number of carboxylic acid groups (broad SMARTS) is 1. The van der Waals surface area contributed by atoms with Gasteiger partial charge in [0.05, 0.1) is 17.3 Å². The van der Waals surface area contributed by atoms with Crippen LogP contribution in [0.2, 0.25) is 0 Å². The summed E-state index contributed by atoms with van der Waals surface area (Å²) in [7, 11) is 0. The van der Waals surface area contributed by atoms with E-state index >= 15 is 0 Å². The van der Waals surface area contributed by atoms with Crippen LogP contribution in [0.3, 0.4) is 0 Å². The van der Waals surface area contributed by atoms with Gasteiger partial charge in [-0.1, -0.05) is 37.3 Å². The Labute approximate surface area is 133 Å². The number of aromatic nitrogens is 1. The van der Waals surface area contributed by atoms with Gasteiger partial charge in [-0.2, -0.15) is 0 Å². The maximum Gasteiger partial charge on any atom is 0.348 e. The number of thiazole rings is 1. The van der Waals surface area contributed by atoms with E-state index < -0.39 is 5.97 Å². The molecule has 22 heavy (non-hydrogen) atoms. The van der Waals surface area contributed by atoms with Crippen molar-refractivity contribution in [2.24, 2.45) is 0 Å². The molecular weight excluding hydrogens is 300 g/mol. The van der Waals surface area contributed by atoms with Crippen LogP contribution in [-0.2, 0) is 6.42 Å². The minimum Gasteiger partial charge on any atom is -0.477 e. The fraction of sp³-hybridized carbons (Fsp3) is 0.375. The Morgan fingerprint density at radius 3 is 2.59 bits per heavy atom. The molecule has 118 valence electrons. The highest BCUT2D eigenvalue weighted by Gasteiger charge is 2.18. The summed E-state index contributed by atoms with van der Waals surface area (Å²) in [6.45, 7) is 4.40. The van der Waals surface area contributed by atoms with E-state index in [1.807, 2.05) is 37.3 Å². The number of likely N-dealkylation sites (N-methyl/N-ethyl adjacent to an activating group) is 1. The second kappa shape index (κ2) is 8.03. The Bertz CT molecular complexity index is 613. The van der Waals surface area contributed by atoms with Gasteiger partial charge in [0.2, 0.25) is 0 Å². The van der Waals surface area contributed by atoms with Gasteiger partial charge in [-0.15, -0.1) is 11.3 Å². The summed E-state index contributed by atoms with van der Waals surface area (Å²) in [5, 5.41) is 19.2. The summed E-state index contributed by atoms with van der Waals surface area (Å²) in [6.07, 6.45) is 0.686. The van der Waals surface area contributed by atoms with E-state index in [0.29, 0.717) is 18.7 Å². The average Bonchev–Trinajstić information content (AvgIpc) is 2.97. The third-order valence-electron chi connectivity index (χ3n) is 3.42. The molecule has 6 heteroatoms. The molecular formula is C16H20N2O3S. The number of hydrogen-bond donors (Lipinski definition) is 2. The van der Waals surface area contributed by atoms with E-state index in [0.717, 1.165) is 23.7 Å². The van der Waals surface area contributed by atoms with Crippen LogP contribution in [0, 0.1) is 0 Å². The van der Waals surface area contributed by atoms with Crippen LogP contribution in [0.4, 0.5) is 0 Å². The minimum atomic E-state index is -0.940. The predicted molar refractivity (Wildman–Crippen MR) is 87.4 cm³/mol. The van der Waals surface area contributed by atoms with Crippen molar-refractivity contribution in [3.63, 3.8) is 0 Å². The highest BCUT2D eigenvalue weighted by atomic mass is 32.1. The Hall–Kier alpha value is -1.76. The number of hydrogen-bond acceptors (Lipinski definition) is 5. The van der Waals surface area contributed by atoms with Crippen molar-refractivity contribution in [2.45, 2.75) is 13.3 Å². The van der Waals surface area contributed by atoms with Gasteiger partial charge in [-0.3, -0.25) is 0 Å². The van der Waals surface area contributed by atoms with Gasteiger partial charge < -0.3 is 15.1 Å². The molecule has 0 fully saturated rings. The average molecular weight is 320 g/mol. The predicted octanol–water partition coefficient (Wildman–Crippen LogP) is 2.36. The van der Waals surface area contributed by atoms with E-state index in [-0.39, 0.29) is 11.5 Å². The summed E-state index contributed by atoms with van der Waals surface area (Å²) in [4.78, 5) is 18.3. The fourth-order valence-corrected chi connectivity index (χ4v) is 3.14. The smallest absolute Gasteiger partial charge is 0.348 e. The van der Waals surface area contributed by atoms with Gasteiger partial charge in [-0.05, 0) is 6.54 Å². The lowest BCUT2D eigenvalue weighted by Gasteiger charge is -2.17. The van der Waals surface area contributed by atoms with Crippen molar-refractivity contribution >= 4 is 17.3 Å². The van der Waals surface area contributed by atoms with Gasteiger partial charge in [0.25, 0.3) is 0 Å². The van der Waals surface area contributed by atoms with Crippen LogP contribution in [-0.4, -0.2) is 52.3 Å². The molecule has 0 aliphatic rings. The van der Waals surface area contributed by atoms with Gasteiger partial charge in [0.15, 0.2) is 0 Å². The highest BCUT2D eigenvalue weighted by Crippen LogP contribution is 2.28. The molecule has 0 saturated heterocycles. The summed E-state index contributed by atoms with van der Waals surface area (Å²) in [5.74, 6) is -0.940. The Morgan fingerprint density at radius 1 is 1.27 bits per heavy atom. The molecule has 1 aromatic heterocycles. The molecule has 0 spiro atoms. The Morgan fingerprint density at radius 2 is 2.00 bits per heavy atom. The Kier molecular flexibility index (Phi) is 6.06. The van der Waals surface area contributed by atoms with E-state index in [1.54, 1.807) is 0 Å². The third kappa shape index (κ3) is 4.13. The molecule has 0 amide bonds. The van der Waals surface area contributed by atoms with Gasteiger partial charge in [0.1, 0.15) is 4.88 Å². The molecule has 0 radical (unpaired) electrons. The zero-order chi connectivity index (χ0) is 15.9. The van der Waals surface area contributed by atoms with E-state index in [1.165, 1.54) is 11.3 Å². The van der Waals surface area contributed by atoms with Crippen molar-refractivity contribution in [3.8, 4) is 11.3 Å². The van der Waals surface area contributed by atoms with Gasteiger partial charge in [0, 0.05) is 25.1 Å². The molecule has 1 aromatic carbocycles. The first kappa shape index (κ1) is 16.6. The van der Waals surface area contributed by atoms with Crippen molar-refractivity contribution in [1.82, 2.24) is 9.88 Å². The van der Waals surface area contributed by atoms with Gasteiger partial charge >= 0.3 is 5.97 Å². The van der Waals surface area contributed by atoms with E-state index in [4.69, 9.17) is 5.11 Å². The molecule has 0 bridgehead atoms. The maximum atomic E-state index is 11.4. The number of nitrogens with zero attached hydrogens (tertiary/aromatic N) is 2. The molecule has 0 aliphatic carbocycles. The number of aromatic carboxylic acids is 1. The lowest BCUT2D eigenvalue weighted by molar-refractivity contribution is 0.0702. The van der Waals surface area contributed by atoms with Crippen LogP contribution in [0.5, 0.6) is 0 Å². The highest BCUT2D eigenvalue weighted by molar-refractivity contribution is 7.14. The number of aliphatic hydroxyl groups excluding tert-OH is 1. The molecule has 0 saturated carbocycles. The van der Waals surface area contributed by atoms with Crippen molar-refractivity contribution in [2.75, 3.05) is 26.2 Å². The molecule has 2 aromatic rings. The number of aliphatic hydroxyl groups is 1. The number of carbonyl (C=O) groups is 1. The normalized spacial score (nSPS) is 11.0. The summed E-state index contributed by atoms with van der Waals surface area (Å²) < 4.78 is 0. The largest absolute Gasteiger partial charge is 0.477 e. The van der Waals surface area contributed by atoms with Crippen molar-refractivity contribution < 1.29 is 15.0 Å². The zero-order valence-electron chi connectivity index (χ0n) is 12.5. The number of carboxylic acids is 1. The SMILES string of the molecule is CCN(CCO)CCc1nc(-c2ccccc2)c(C(=O)O)s1. The molecule has 0 unspecified atom stereocenters. The van der Waals surface area contributed by atoms with E-state index in [2.05, 4.69) is 9.88 Å². The molecule has 0 aliphatic heterocycles. The zero-order valence-corrected chi connectivity index (χ0v) is 13.3. The van der Waals surface area contributed by atoms with Crippen LogP contribution in [0.1, 0.15) is 21.6 Å². The summed E-state index contributed by atoms with van der Waals surface area (Å²) in [6, 6.07) is 9.39. The van der Waals surface area contributed by atoms with Crippen LogP contribution < -0.4 is 0 Å². The van der Waals surface area contributed by atoms with Gasteiger partial charge in [-0.25, -0.2) is 9.78 Å². The second-order valence-corrected chi connectivity index (χ2v) is 5.95. The lowest BCUT2D eigenvalue weighted by Crippen LogP contribution is -2.28. The quantitative estimate of drug-likeness (QED) is 0.781. The number of benzene rings is 1. The molecule has 5 nitrogen and oxygen atoms in total. The van der Waals surface area contributed by atoms with Crippen LogP contribution in [0.25, 0.3) is 11.3 Å². The molecule has 0 atom stereocenters. The first-order valence-corrected chi connectivity index (χ1v) is 8.09. The summed E-state index contributed by atoms with van der Waals surface area (Å²) >= 11 is 1.23. The minimum absolute atomic E-state index is 0.126. The molecule has 1 heterocycles. The monoisotopic (exact) mass is 320 g/mol. The van der Waals surface area contributed by atoms with Crippen LogP contribution >= 0.6 is 11.3 Å². The molecule has 2 N–H and O–H groups in total. The van der Waals surface area contributed by atoms with Crippen molar-refractivity contribution in [1.29, 1.82) is 0 Å².